The van der Waals surface area contributed by atoms with Gasteiger partial charge >= 0.3 is 11.9 Å². The van der Waals surface area contributed by atoms with Crippen molar-refractivity contribution in [1.29, 1.82) is 0 Å². The van der Waals surface area contributed by atoms with E-state index in [1.807, 2.05) is 0 Å². The Morgan fingerprint density at radius 2 is 0.886 bits per heavy atom. The molecule has 0 saturated carbocycles. The number of unbranched alkanes of at least 4 members (excludes halogenated alkanes) is 22. The van der Waals surface area contributed by atoms with E-state index in [2.05, 4.69) is 38.2 Å². The second kappa shape index (κ2) is 35.9. The van der Waals surface area contributed by atoms with E-state index in [1.54, 1.807) is 0 Å². The van der Waals surface area contributed by atoms with Crippen molar-refractivity contribution in [3.63, 3.8) is 0 Å². The van der Waals surface area contributed by atoms with Crippen LogP contribution in [0, 0.1) is 0 Å². The van der Waals surface area contributed by atoms with Crippen LogP contribution in [0.4, 0.5) is 0 Å². The fourth-order valence-corrected chi connectivity index (χ4v) is 5.80. The maximum atomic E-state index is 12.6. The highest BCUT2D eigenvalue weighted by molar-refractivity contribution is 5.69. The zero-order chi connectivity index (χ0) is 32.2. The quantitative estimate of drug-likeness (QED) is 0.0436. The number of ether oxygens (including phenoxy) is 1. The molecule has 44 heavy (non-hydrogen) atoms. The lowest BCUT2D eigenvalue weighted by molar-refractivity contribution is -0.150. The van der Waals surface area contributed by atoms with Crippen LogP contribution >= 0.6 is 0 Å². The standard InChI is InChI=1S/C40H74O4/c1-3-5-7-9-11-13-14-15-16-17-18-19-20-21-22-24-29-33-37-40(43)44-38(34-30-26-23-12-10-8-6-4-2)35-31-27-25-28-32-36-39(41)42/h13-14,16-17,38H,3-12,15,18-37H2,1-2H3,(H,41,42)/b14-13-,17-16-. The van der Waals surface area contributed by atoms with E-state index in [-0.39, 0.29) is 18.5 Å². The van der Waals surface area contributed by atoms with Crippen LogP contribution in [0.5, 0.6) is 0 Å². The summed E-state index contributed by atoms with van der Waals surface area (Å²) in [6, 6.07) is 0. The summed E-state index contributed by atoms with van der Waals surface area (Å²) in [7, 11) is 0. The number of carboxylic acids is 1. The molecule has 0 spiro atoms. The number of carboxylic acid groups (broad SMARTS) is 1. The van der Waals surface area contributed by atoms with Gasteiger partial charge in [-0.25, -0.2) is 0 Å². The molecule has 1 N–H and O–H groups in total. The average Bonchev–Trinajstić information content (AvgIpc) is 3.00. The van der Waals surface area contributed by atoms with E-state index >= 15 is 0 Å². The van der Waals surface area contributed by atoms with Gasteiger partial charge in [0.1, 0.15) is 6.10 Å². The SMILES string of the molecule is CCCCCC/C=C\C/C=C\CCCCCCCCCC(=O)OC(CCCCCCCCCC)CCCCCCCC(=O)O. The lowest BCUT2D eigenvalue weighted by Crippen LogP contribution is -2.18. The number of rotatable bonds is 35. The third kappa shape index (κ3) is 34.9. The van der Waals surface area contributed by atoms with Crippen LogP contribution in [0.15, 0.2) is 24.3 Å². The molecule has 0 aromatic carbocycles. The fraction of sp³-hybridized carbons (Fsp3) is 0.850. The van der Waals surface area contributed by atoms with Gasteiger partial charge in [-0.3, -0.25) is 9.59 Å². The molecule has 0 fully saturated rings. The molecule has 0 aliphatic carbocycles. The van der Waals surface area contributed by atoms with Crippen molar-refractivity contribution in [1.82, 2.24) is 0 Å². The van der Waals surface area contributed by atoms with E-state index in [0.717, 1.165) is 70.6 Å². The first-order valence-electron chi connectivity index (χ1n) is 19.3. The number of allylic oxidation sites excluding steroid dienone is 4. The Hall–Kier alpha value is -1.58. The summed E-state index contributed by atoms with van der Waals surface area (Å²) in [6.07, 6.45) is 44.8. The number of carbonyl (C=O) groups is 2. The van der Waals surface area contributed by atoms with Crippen molar-refractivity contribution in [2.75, 3.05) is 0 Å². The largest absolute Gasteiger partial charge is 0.481 e. The molecule has 0 rings (SSSR count). The summed E-state index contributed by atoms with van der Waals surface area (Å²) < 4.78 is 5.98. The van der Waals surface area contributed by atoms with E-state index in [0.29, 0.717) is 6.42 Å². The molecule has 0 aliphatic rings. The van der Waals surface area contributed by atoms with Crippen molar-refractivity contribution < 1.29 is 19.4 Å². The number of aliphatic carboxylic acids is 1. The maximum Gasteiger partial charge on any atom is 0.306 e. The molecular weight excluding hydrogens is 544 g/mol. The first kappa shape index (κ1) is 42.4. The summed E-state index contributed by atoms with van der Waals surface area (Å²) in [6.45, 7) is 4.52. The Morgan fingerprint density at radius 3 is 1.36 bits per heavy atom. The number of esters is 1. The predicted octanol–water partition coefficient (Wildman–Crippen LogP) is 13.2. The molecule has 0 heterocycles. The smallest absolute Gasteiger partial charge is 0.306 e. The van der Waals surface area contributed by atoms with Crippen LogP contribution in [0.25, 0.3) is 0 Å². The maximum absolute atomic E-state index is 12.6. The molecule has 0 aromatic rings. The van der Waals surface area contributed by atoms with Gasteiger partial charge in [-0.15, -0.1) is 0 Å². The molecule has 1 unspecified atom stereocenters. The van der Waals surface area contributed by atoms with E-state index in [9.17, 15) is 9.59 Å². The number of hydrogen-bond donors (Lipinski definition) is 1. The zero-order valence-electron chi connectivity index (χ0n) is 29.5. The lowest BCUT2D eigenvalue weighted by Gasteiger charge is -2.18. The number of carbonyl (C=O) groups excluding carboxylic acids is 1. The second-order valence-electron chi connectivity index (χ2n) is 13.1. The van der Waals surface area contributed by atoms with Gasteiger partial charge in [0.05, 0.1) is 0 Å². The van der Waals surface area contributed by atoms with E-state index in [4.69, 9.17) is 9.84 Å². The first-order valence-corrected chi connectivity index (χ1v) is 19.3. The van der Waals surface area contributed by atoms with Gasteiger partial charge in [0, 0.05) is 12.8 Å². The minimum atomic E-state index is -0.701. The van der Waals surface area contributed by atoms with Gasteiger partial charge < -0.3 is 9.84 Å². The van der Waals surface area contributed by atoms with Gasteiger partial charge in [0.25, 0.3) is 0 Å². The molecule has 1 atom stereocenters. The topological polar surface area (TPSA) is 63.6 Å². The molecular formula is C40H74O4. The Morgan fingerprint density at radius 1 is 0.500 bits per heavy atom. The monoisotopic (exact) mass is 619 g/mol. The van der Waals surface area contributed by atoms with Crippen LogP contribution < -0.4 is 0 Å². The molecule has 0 radical (unpaired) electrons. The van der Waals surface area contributed by atoms with Gasteiger partial charge in [-0.2, -0.15) is 0 Å². The van der Waals surface area contributed by atoms with Crippen molar-refractivity contribution in [2.45, 2.75) is 219 Å². The Labute approximate surface area is 274 Å². The Balaban J connectivity index is 3.93. The van der Waals surface area contributed by atoms with Crippen LogP contribution in [-0.2, 0) is 14.3 Å². The summed E-state index contributed by atoms with van der Waals surface area (Å²) in [5.41, 5.74) is 0. The highest BCUT2D eigenvalue weighted by Crippen LogP contribution is 2.19. The summed E-state index contributed by atoms with van der Waals surface area (Å²) in [4.78, 5) is 23.3. The fourth-order valence-electron chi connectivity index (χ4n) is 5.80. The van der Waals surface area contributed by atoms with Crippen LogP contribution in [0.1, 0.15) is 213 Å². The molecule has 258 valence electrons. The van der Waals surface area contributed by atoms with E-state index in [1.165, 1.54) is 116 Å². The second-order valence-corrected chi connectivity index (χ2v) is 13.1. The van der Waals surface area contributed by atoms with Crippen molar-refractivity contribution in [3.05, 3.63) is 24.3 Å². The zero-order valence-corrected chi connectivity index (χ0v) is 29.5. The minimum Gasteiger partial charge on any atom is -0.481 e. The van der Waals surface area contributed by atoms with Crippen molar-refractivity contribution >= 4 is 11.9 Å². The first-order chi connectivity index (χ1) is 21.6. The third-order valence-electron chi connectivity index (χ3n) is 8.68. The van der Waals surface area contributed by atoms with Crippen LogP contribution in [-0.4, -0.2) is 23.1 Å². The molecule has 0 aliphatic heterocycles. The Bertz CT molecular complexity index is 668. The van der Waals surface area contributed by atoms with Gasteiger partial charge in [0.15, 0.2) is 0 Å². The predicted molar refractivity (Wildman–Crippen MR) is 190 cm³/mol. The third-order valence-corrected chi connectivity index (χ3v) is 8.68. The molecule has 4 nitrogen and oxygen atoms in total. The van der Waals surface area contributed by atoms with Gasteiger partial charge in [-0.05, 0) is 70.6 Å². The van der Waals surface area contributed by atoms with Crippen LogP contribution in [0.3, 0.4) is 0 Å². The molecule has 0 bridgehead atoms. The summed E-state index contributed by atoms with van der Waals surface area (Å²) >= 11 is 0. The lowest BCUT2D eigenvalue weighted by atomic mass is 10.0. The molecule has 4 heteroatoms. The Kier molecular flexibility index (Phi) is 34.6. The highest BCUT2D eigenvalue weighted by atomic mass is 16.5. The molecule has 0 amide bonds. The van der Waals surface area contributed by atoms with E-state index < -0.39 is 5.97 Å². The number of hydrogen-bond acceptors (Lipinski definition) is 3. The average molecular weight is 619 g/mol. The van der Waals surface area contributed by atoms with Crippen molar-refractivity contribution in [2.24, 2.45) is 0 Å². The summed E-state index contributed by atoms with van der Waals surface area (Å²) in [5, 5.41) is 8.79. The van der Waals surface area contributed by atoms with Crippen LogP contribution in [0.2, 0.25) is 0 Å². The molecule has 0 aromatic heterocycles. The van der Waals surface area contributed by atoms with Crippen molar-refractivity contribution in [3.8, 4) is 0 Å². The highest BCUT2D eigenvalue weighted by Gasteiger charge is 2.14. The summed E-state index contributed by atoms with van der Waals surface area (Å²) in [5.74, 6) is -0.706. The van der Waals surface area contributed by atoms with Gasteiger partial charge in [0.2, 0.25) is 0 Å². The molecule has 0 saturated heterocycles. The normalized spacial score (nSPS) is 12.4. The van der Waals surface area contributed by atoms with Gasteiger partial charge in [-0.1, -0.05) is 154 Å². The minimum absolute atomic E-state index is 0.00542.